The molecule has 3 N–H and O–H groups in total. The van der Waals surface area contributed by atoms with Crippen LogP contribution in [0.5, 0.6) is 0 Å². The molecule has 0 aromatic rings. The van der Waals surface area contributed by atoms with Crippen LogP contribution < -0.4 is 16.0 Å². The first-order valence-electron chi connectivity index (χ1n) is 4.86. The van der Waals surface area contributed by atoms with Gasteiger partial charge in [0.2, 0.25) is 11.0 Å². The van der Waals surface area contributed by atoms with Gasteiger partial charge in [-0.2, -0.15) is 0 Å². The minimum Gasteiger partial charge on any atom is -0.347 e. The highest BCUT2D eigenvalue weighted by molar-refractivity contribution is 7.96. The summed E-state index contributed by atoms with van der Waals surface area (Å²) in [4.78, 5) is 32.8. The number of carbonyl (C=O) groups is 3. The summed E-state index contributed by atoms with van der Waals surface area (Å²) in [6.45, 7) is 1.75. The molecule has 0 aromatic carbocycles. The second-order valence-corrected chi connectivity index (χ2v) is 3.75. The molecule has 0 saturated carbocycles. The van der Waals surface area contributed by atoms with Crippen LogP contribution in [-0.4, -0.2) is 49.5 Å². The van der Waals surface area contributed by atoms with Gasteiger partial charge in [-0.3, -0.25) is 14.4 Å². The second kappa shape index (κ2) is 8.26. The van der Waals surface area contributed by atoms with Gasteiger partial charge in [-0.1, -0.05) is 0 Å². The van der Waals surface area contributed by atoms with Crippen molar-refractivity contribution in [1.82, 2.24) is 16.0 Å². The van der Waals surface area contributed by atoms with E-state index in [9.17, 15) is 14.4 Å². The smallest absolute Gasteiger partial charge is 0.234 e. The zero-order chi connectivity index (χ0) is 12.6. The summed E-state index contributed by atoms with van der Waals surface area (Å²) >= 11 is 3.50. The summed E-state index contributed by atoms with van der Waals surface area (Å²) in [5, 5.41) is 7.42. The van der Waals surface area contributed by atoms with Gasteiger partial charge in [-0.25, -0.2) is 0 Å². The first kappa shape index (κ1) is 15.1. The number of Topliss-reactive ketones (excluding diaryl/α,β-unsaturated/α-hetero) is 1. The molecule has 0 aliphatic carbocycles. The van der Waals surface area contributed by atoms with Crippen LogP contribution in [0, 0.1) is 0 Å². The quantitative estimate of drug-likeness (QED) is 0.385. The lowest BCUT2D eigenvalue weighted by atomic mass is 10.2. The molecule has 0 aromatic heterocycles. The molecule has 0 heterocycles. The van der Waals surface area contributed by atoms with Crippen LogP contribution in [-0.2, 0) is 14.4 Å². The second-order valence-electron chi connectivity index (χ2n) is 3.25. The lowest BCUT2D eigenvalue weighted by Gasteiger charge is -2.09. The van der Waals surface area contributed by atoms with Crippen LogP contribution in [0.25, 0.3) is 0 Å². The SMILES string of the molecule is CN[C@@H](C)C(=O)CNCC(=O)NCC(=O)S. The van der Waals surface area contributed by atoms with Crippen molar-refractivity contribution in [1.29, 1.82) is 0 Å². The normalized spacial score (nSPS) is 11.9. The Labute approximate surface area is 99.9 Å². The Kier molecular flexibility index (Phi) is 7.78. The first-order chi connectivity index (χ1) is 7.47. The number of likely N-dealkylation sites (N-methyl/N-ethyl adjacent to an activating group) is 1. The van der Waals surface area contributed by atoms with Crippen molar-refractivity contribution in [2.45, 2.75) is 13.0 Å². The number of nitrogens with one attached hydrogen (secondary N) is 3. The molecule has 16 heavy (non-hydrogen) atoms. The van der Waals surface area contributed by atoms with Gasteiger partial charge in [0.05, 0.1) is 25.7 Å². The molecule has 6 nitrogen and oxygen atoms in total. The van der Waals surface area contributed by atoms with Crippen LogP contribution in [0.4, 0.5) is 0 Å². The van der Waals surface area contributed by atoms with Crippen molar-refractivity contribution in [3.63, 3.8) is 0 Å². The van der Waals surface area contributed by atoms with Gasteiger partial charge in [-0.05, 0) is 14.0 Å². The Bertz CT molecular complexity index is 271. The molecule has 7 heteroatoms. The van der Waals surface area contributed by atoms with Crippen molar-refractivity contribution >= 4 is 29.4 Å². The molecule has 0 spiro atoms. The highest BCUT2D eigenvalue weighted by Crippen LogP contribution is 1.81. The maximum absolute atomic E-state index is 11.3. The third-order valence-corrected chi connectivity index (χ3v) is 2.10. The Morgan fingerprint density at radius 1 is 1.19 bits per heavy atom. The molecule has 0 aliphatic rings. The molecule has 1 amide bonds. The number of carbonyl (C=O) groups excluding carboxylic acids is 3. The molecular weight excluding hydrogens is 230 g/mol. The molecular formula is C9H17N3O3S. The van der Waals surface area contributed by atoms with Crippen LogP contribution in [0.3, 0.4) is 0 Å². The predicted octanol–water partition coefficient (Wildman–Crippen LogP) is -1.67. The Balaban J connectivity index is 3.62. The van der Waals surface area contributed by atoms with E-state index in [0.717, 1.165) is 0 Å². The lowest BCUT2D eigenvalue weighted by molar-refractivity contribution is -0.122. The van der Waals surface area contributed by atoms with E-state index in [0.29, 0.717) is 0 Å². The minimum absolute atomic E-state index is 0.00321. The summed E-state index contributed by atoms with van der Waals surface area (Å²) in [6, 6.07) is -0.241. The summed E-state index contributed by atoms with van der Waals surface area (Å²) < 4.78 is 0. The van der Waals surface area contributed by atoms with E-state index in [2.05, 4.69) is 28.6 Å². The fraction of sp³-hybridized carbons (Fsp3) is 0.667. The van der Waals surface area contributed by atoms with Gasteiger partial charge in [0, 0.05) is 0 Å². The highest BCUT2D eigenvalue weighted by atomic mass is 32.1. The Hall–Kier alpha value is -0.920. The summed E-state index contributed by atoms with van der Waals surface area (Å²) in [5.41, 5.74) is 0. The van der Waals surface area contributed by atoms with Gasteiger partial charge in [-0.15, -0.1) is 12.6 Å². The first-order valence-corrected chi connectivity index (χ1v) is 5.31. The lowest BCUT2D eigenvalue weighted by Crippen LogP contribution is -2.41. The number of amides is 1. The molecule has 0 bridgehead atoms. The number of hydrogen-bond donors (Lipinski definition) is 4. The van der Waals surface area contributed by atoms with Gasteiger partial charge >= 0.3 is 0 Å². The van der Waals surface area contributed by atoms with Gasteiger partial charge < -0.3 is 16.0 Å². The zero-order valence-electron chi connectivity index (χ0n) is 9.37. The van der Waals surface area contributed by atoms with Crippen LogP contribution in [0.15, 0.2) is 0 Å². The fourth-order valence-corrected chi connectivity index (χ4v) is 0.929. The van der Waals surface area contributed by atoms with E-state index in [1.807, 2.05) is 0 Å². The van der Waals surface area contributed by atoms with E-state index in [1.54, 1.807) is 14.0 Å². The molecule has 1 atom stereocenters. The van der Waals surface area contributed by atoms with Crippen LogP contribution >= 0.6 is 12.6 Å². The summed E-state index contributed by atoms with van der Waals surface area (Å²) in [5.74, 6) is -0.368. The van der Waals surface area contributed by atoms with Crippen molar-refractivity contribution in [3.8, 4) is 0 Å². The van der Waals surface area contributed by atoms with Crippen molar-refractivity contribution in [2.75, 3.05) is 26.7 Å². The van der Waals surface area contributed by atoms with Crippen LogP contribution in [0.2, 0.25) is 0 Å². The molecule has 0 radical (unpaired) electrons. The Morgan fingerprint density at radius 2 is 1.81 bits per heavy atom. The predicted molar refractivity (Wildman–Crippen MR) is 63.4 cm³/mol. The molecule has 0 fully saturated rings. The molecule has 0 unspecified atom stereocenters. The molecule has 0 rings (SSSR count). The standard InChI is InChI=1S/C9H17N3O3S/c1-6(10-2)7(13)3-11-4-8(14)12-5-9(15)16/h6,10-11H,3-5H2,1-2H3,(H,12,14)(H,15,16)/t6-/m0/s1. The molecule has 0 aliphatic heterocycles. The summed E-state index contributed by atoms with van der Waals surface area (Å²) in [6.07, 6.45) is 0. The maximum atomic E-state index is 11.3. The Morgan fingerprint density at radius 3 is 2.31 bits per heavy atom. The number of hydrogen-bond acceptors (Lipinski definition) is 5. The fourth-order valence-electron chi connectivity index (χ4n) is 0.850. The number of rotatable bonds is 8. The van der Waals surface area contributed by atoms with E-state index in [-0.39, 0.29) is 37.4 Å². The van der Waals surface area contributed by atoms with Gasteiger partial charge in [0.1, 0.15) is 0 Å². The maximum Gasteiger partial charge on any atom is 0.234 e. The van der Waals surface area contributed by atoms with Crippen LogP contribution in [0.1, 0.15) is 6.92 Å². The molecule has 92 valence electrons. The van der Waals surface area contributed by atoms with E-state index < -0.39 is 5.12 Å². The van der Waals surface area contributed by atoms with E-state index >= 15 is 0 Å². The van der Waals surface area contributed by atoms with Crippen molar-refractivity contribution in [3.05, 3.63) is 0 Å². The summed E-state index contributed by atoms with van der Waals surface area (Å²) in [7, 11) is 1.69. The van der Waals surface area contributed by atoms with E-state index in [1.165, 1.54) is 0 Å². The van der Waals surface area contributed by atoms with Gasteiger partial charge in [0.15, 0.2) is 5.78 Å². The number of thiol groups is 1. The third kappa shape index (κ3) is 7.38. The zero-order valence-corrected chi connectivity index (χ0v) is 10.3. The minimum atomic E-state index is -0.409. The molecule has 0 saturated heterocycles. The van der Waals surface area contributed by atoms with Crippen molar-refractivity contribution < 1.29 is 14.4 Å². The van der Waals surface area contributed by atoms with E-state index in [4.69, 9.17) is 0 Å². The highest BCUT2D eigenvalue weighted by Gasteiger charge is 2.10. The number of ketones is 1. The van der Waals surface area contributed by atoms with Crippen molar-refractivity contribution in [2.24, 2.45) is 0 Å². The average Bonchev–Trinajstić information content (AvgIpc) is 2.24. The largest absolute Gasteiger partial charge is 0.347 e. The average molecular weight is 247 g/mol. The van der Waals surface area contributed by atoms with Gasteiger partial charge in [0.25, 0.3) is 0 Å². The monoisotopic (exact) mass is 247 g/mol. The topological polar surface area (TPSA) is 87.3 Å². The third-order valence-electron chi connectivity index (χ3n) is 1.94.